The Labute approximate surface area is 598 Å². The van der Waals surface area contributed by atoms with Crippen molar-refractivity contribution >= 4 is 0 Å². The van der Waals surface area contributed by atoms with Crippen LogP contribution in [0.2, 0.25) is 0 Å². The van der Waals surface area contributed by atoms with Crippen molar-refractivity contribution in [2.75, 3.05) is 198 Å². The molecule has 6 fully saturated rings. The molecular weight excluding hydrogens is 1240 g/mol. The van der Waals surface area contributed by atoms with Crippen LogP contribution >= 0.6 is 0 Å². The summed E-state index contributed by atoms with van der Waals surface area (Å²) >= 11 is 0. The van der Waals surface area contributed by atoms with Crippen LogP contribution in [0.15, 0.2) is 0 Å². The lowest BCUT2D eigenvalue weighted by molar-refractivity contribution is -0.126. The van der Waals surface area contributed by atoms with Crippen LogP contribution in [0.5, 0.6) is 0 Å². The van der Waals surface area contributed by atoms with Gasteiger partial charge < -0.3 is 94.7 Å². The van der Waals surface area contributed by atoms with E-state index in [2.05, 4.69) is 76.2 Å². The summed E-state index contributed by atoms with van der Waals surface area (Å²) in [5.41, 5.74) is 0.917. The fourth-order valence-corrected chi connectivity index (χ4v) is 11.1. The second-order valence-corrected chi connectivity index (χ2v) is 29.3. The standard InChI is InChI=1S/3C9H18O2.3C8H16O2.2C7H16O2.2C6H14O2/c1-9(2)6-8(7-10-3)4-5-11-9;1-9(2)5-4-8(6-10-3)7-11-9;1-9(2)6-4-5-8(11-9)7-10-3;1-8(7-9-2)3-5-10-6-4-8;1-8(6-9-2)4-3-5-10-7-8;1-8(7-9-2)5-3-4-6-10-8;1-5-9-7(3)6(2)8-4;1-4-7(8-3)6-9-5-2;1-5(7-3)6(2)8-4;1-4-6(8-3)5-7-2/h3*8H,4-7H2,1-3H3;3*3-7H2,1-2H3;6-7H,5H2,1-4H3;7H,4-6H2,1-3H3;5-6H,1-4H3;6H,4-5H2,1-3H3. The molecular formula is C77H162O20. The summed E-state index contributed by atoms with van der Waals surface area (Å²) in [7, 11) is 20.6. The molecule has 0 spiro atoms. The van der Waals surface area contributed by atoms with Crippen LogP contribution in [0.25, 0.3) is 0 Å². The van der Waals surface area contributed by atoms with Gasteiger partial charge in [0.15, 0.2) is 0 Å². The summed E-state index contributed by atoms with van der Waals surface area (Å²) in [5, 5.41) is 0. The Hall–Kier alpha value is -0.800. The lowest BCUT2D eigenvalue weighted by atomic mass is 9.83. The van der Waals surface area contributed by atoms with Gasteiger partial charge in [-0.1, -0.05) is 27.7 Å². The van der Waals surface area contributed by atoms with Gasteiger partial charge in [0.25, 0.3) is 0 Å². The van der Waals surface area contributed by atoms with Crippen LogP contribution in [0.3, 0.4) is 0 Å². The first kappa shape index (κ1) is 103. The van der Waals surface area contributed by atoms with E-state index in [9.17, 15) is 0 Å². The lowest BCUT2D eigenvalue weighted by Crippen LogP contribution is -2.37. The van der Waals surface area contributed by atoms with Crippen molar-refractivity contribution in [1.29, 1.82) is 0 Å². The Kier molecular flexibility index (Phi) is 67.3. The average Bonchev–Trinajstić information content (AvgIpc) is 1.23. The highest BCUT2D eigenvalue weighted by Gasteiger charge is 2.32. The highest BCUT2D eigenvalue weighted by atomic mass is 16.6. The van der Waals surface area contributed by atoms with Crippen molar-refractivity contribution < 1.29 is 94.7 Å². The molecule has 0 aromatic heterocycles. The normalized spacial score (nSPS) is 25.4. The number of hydrogen-bond acceptors (Lipinski definition) is 20. The summed E-state index contributed by atoms with van der Waals surface area (Å²) in [6.07, 6.45) is 20.3. The number of methoxy groups -OCH3 is 12. The molecule has 6 aliphatic rings. The summed E-state index contributed by atoms with van der Waals surface area (Å²) in [6, 6.07) is 0. The number of hydrogen-bond donors (Lipinski definition) is 0. The molecule has 97 heavy (non-hydrogen) atoms. The van der Waals surface area contributed by atoms with Crippen molar-refractivity contribution in [3.63, 3.8) is 0 Å². The highest BCUT2D eigenvalue weighted by Crippen LogP contribution is 2.32. The fraction of sp³-hybridized carbons (Fsp3) is 1.00. The molecule has 0 aliphatic carbocycles. The van der Waals surface area contributed by atoms with Crippen molar-refractivity contribution in [2.45, 2.75) is 286 Å². The Balaban J connectivity index is -0.000000496. The van der Waals surface area contributed by atoms with Crippen LogP contribution in [0, 0.1) is 22.7 Å². The quantitative estimate of drug-likeness (QED) is 0.0719. The molecule has 6 rings (SSSR count). The second kappa shape index (κ2) is 63.7. The fourth-order valence-electron chi connectivity index (χ4n) is 11.1. The minimum absolute atomic E-state index is 0.00694. The minimum Gasteiger partial charge on any atom is -0.384 e. The lowest BCUT2D eigenvalue weighted by Gasteiger charge is -2.35. The molecule has 6 aliphatic heterocycles. The van der Waals surface area contributed by atoms with Crippen LogP contribution < -0.4 is 0 Å². The molecule has 0 radical (unpaired) electrons. The van der Waals surface area contributed by atoms with E-state index in [1.807, 2.05) is 41.5 Å². The summed E-state index contributed by atoms with van der Waals surface area (Å²) in [4.78, 5) is 0. The van der Waals surface area contributed by atoms with Crippen LogP contribution in [0.1, 0.15) is 220 Å². The minimum atomic E-state index is 0.00694. The van der Waals surface area contributed by atoms with Gasteiger partial charge in [0.05, 0.1) is 125 Å². The first-order valence-electron chi connectivity index (χ1n) is 36.9. The first-order valence-corrected chi connectivity index (χ1v) is 36.9. The van der Waals surface area contributed by atoms with Gasteiger partial charge in [0, 0.05) is 150 Å². The maximum Gasteiger partial charge on any atom is 0.0886 e. The Morgan fingerprint density at radius 2 is 0.938 bits per heavy atom. The predicted molar refractivity (Wildman–Crippen MR) is 395 cm³/mol. The van der Waals surface area contributed by atoms with Gasteiger partial charge in [-0.2, -0.15) is 0 Å². The zero-order chi connectivity index (χ0) is 74.7. The van der Waals surface area contributed by atoms with Gasteiger partial charge in [-0.3, -0.25) is 0 Å². The van der Waals surface area contributed by atoms with E-state index in [0.717, 1.165) is 163 Å². The van der Waals surface area contributed by atoms with Gasteiger partial charge in [-0.25, -0.2) is 0 Å². The van der Waals surface area contributed by atoms with E-state index in [1.165, 1.54) is 44.9 Å². The predicted octanol–water partition coefficient (Wildman–Crippen LogP) is 15.2. The van der Waals surface area contributed by atoms with Gasteiger partial charge in [0.1, 0.15) is 0 Å². The van der Waals surface area contributed by atoms with Gasteiger partial charge in [0.2, 0.25) is 0 Å². The third kappa shape index (κ3) is 59.2. The Morgan fingerprint density at radius 1 is 0.392 bits per heavy atom. The molecule has 6 saturated heterocycles. The Bertz CT molecular complexity index is 1480. The van der Waals surface area contributed by atoms with Crippen LogP contribution in [0.4, 0.5) is 0 Å². The molecule has 0 aromatic rings. The molecule has 20 nitrogen and oxygen atoms in total. The van der Waals surface area contributed by atoms with E-state index < -0.39 is 0 Å². The van der Waals surface area contributed by atoms with Gasteiger partial charge in [-0.15, -0.1) is 0 Å². The zero-order valence-electron chi connectivity index (χ0n) is 68.7. The van der Waals surface area contributed by atoms with Crippen molar-refractivity contribution in [3.8, 4) is 0 Å². The summed E-state index contributed by atoms with van der Waals surface area (Å²) < 4.78 is 104. The van der Waals surface area contributed by atoms with E-state index >= 15 is 0 Å². The largest absolute Gasteiger partial charge is 0.384 e. The molecule has 20 heteroatoms. The summed E-state index contributed by atoms with van der Waals surface area (Å²) in [5.74, 6) is 1.32. The summed E-state index contributed by atoms with van der Waals surface area (Å²) in [6.45, 7) is 49.7. The third-order valence-electron chi connectivity index (χ3n) is 18.1. The molecule has 590 valence electrons. The van der Waals surface area contributed by atoms with E-state index in [4.69, 9.17) is 94.7 Å². The second-order valence-electron chi connectivity index (χ2n) is 29.3. The average molecular weight is 1410 g/mol. The molecule has 11 atom stereocenters. The topological polar surface area (TPSA) is 185 Å². The third-order valence-corrected chi connectivity index (χ3v) is 18.1. The van der Waals surface area contributed by atoms with E-state index in [-0.39, 0.29) is 64.4 Å². The van der Waals surface area contributed by atoms with Crippen LogP contribution in [-0.2, 0) is 94.7 Å². The maximum atomic E-state index is 5.79. The number of rotatable bonds is 28. The molecule has 0 saturated carbocycles. The van der Waals surface area contributed by atoms with Gasteiger partial charge in [-0.05, 0) is 204 Å². The molecule has 0 bridgehead atoms. The van der Waals surface area contributed by atoms with Crippen molar-refractivity contribution in [2.24, 2.45) is 22.7 Å². The number of ether oxygens (including phenoxy) is 20. The maximum absolute atomic E-state index is 5.79. The van der Waals surface area contributed by atoms with E-state index in [0.29, 0.717) is 30.0 Å². The molecule has 6 heterocycles. The SMILES string of the molecule is CCC(COC)OC.CCOC(C)C(C)OC.CCOCC(CC)OC.COC(C)C(C)OC.COCC1(C)CCCCO1.COCC1(C)CCCOC1.COCC1(C)CCOCC1.COCC1CCC(C)(C)OC1.COCC1CCCC(C)(C)O1.COCC1CCOC(C)(C)C1. The molecule has 0 aromatic carbocycles. The van der Waals surface area contributed by atoms with E-state index in [1.54, 1.807) is 85.3 Å². The smallest absolute Gasteiger partial charge is 0.0886 e. The van der Waals surface area contributed by atoms with Crippen molar-refractivity contribution in [3.05, 3.63) is 0 Å². The van der Waals surface area contributed by atoms with Crippen molar-refractivity contribution in [1.82, 2.24) is 0 Å². The molecule has 11 unspecified atom stereocenters. The molecule has 0 amide bonds. The zero-order valence-corrected chi connectivity index (χ0v) is 68.7. The molecule has 0 N–H and O–H groups in total. The Morgan fingerprint density at radius 3 is 1.35 bits per heavy atom. The van der Waals surface area contributed by atoms with Crippen LogP contribution in [-0.4, -0.2) is 263 Å². The van der Waals surface area contributed by atoms with Gasteiger partial charge >= 0.3 is 0 Å². The first-order chi connectivity index (χ1) is 45.8. The monoisotopic (exact) mass is 1410 g/mol. The highest BCUT2D eigenvalue weighted by molar-refractivity contribution is 4.81.